The molecule has 1 aliphatic rings. The van der Waals surface area contributed by atoms with E-state index < -0.39 is 5.97 Å². The molecule has 0 spiro atoms. The van der Waals surface area contributed by atoms with Crippen LogP contribution in [-0.2, 0) is 9.53 Å². The van der Waals surface area contributed by atoms with Crippen molar-refractivity contribution in [2.75, 3.05) is 44.1 Å². The predicted octanol–water partition coefficient (Wildman–Crippen LogP) is 3.88. The van der Waals surface area contributed by atoms with E-state index in [1.807, 2.05) is 30.3 Å². The van der Waals surface area contributed by atoms with Crippen LogP contribution in [0.5, 0.6) is 11.5 Å². The monoisotopic (exact) mass is 412 g/mol. The van der Waals surface area contributed by atoms with Crippen molar-refractivity contribution in [3.63, 3.8) is 0 Å². The van der Waals surface area contributed by atoms with Crippen molar-refractivity contribution in [2.24, 2.45) is 0 Å². The number of hydrogen-bond acceptors (Lipinski definition) is 6. The van der Waals surface area contributed by atoms with Gasteiger partial charge in [0.25, 0.3) is 0 Å². The summed E-state index contributed by atoms with van der Waals surface area (Å²) in [6, 6.07) is 12.6. The summed E-state index contributed by atoms with van der Waals surface area (Å²) in [6.45, 7) is 2.31. The maximum absolute atomic E-state index is 12.5. The average molecular weight is 412 g/mol. The molecule has 0 saturated carbocycles. The van der Waals surface area contributed by atoms with Gasteiger partial charge < -0.3 is 24.4 Å². The number of benzene rings is 2. The zero-order chi connectivity index (χ0) is 21.3. The Morgan fingerprint density at radius 3 is 2.37 bits per heavy atom. The molecule has 0 atom stereocenters. The number of ether oxygens (including phenoxy) is 3. The first-order valence-electron chi connectivity index (χ1n) is 10.1. The maximum atomic E-state index is 12.5. The van der Waals surface area contributed by atoms with Crippen molar-refractivity contribution in [2.45, 2.75) is 25.7 Å². The van der Waals surface area contributed by atoms with E-state index in [1.54, 1.807) is 19.2 Å². The van der Waals surface area contributed by atoms with E-state index in [0.29, 0.717) is 30.7 Å². The molecule has 2 aromatic carbocycles. The number of esters is 1. The third-order valence-electron chi connectivity index (χ3n) is 5.01. The Kier molecular flexibility index (Phi) is 7.54. The van der Waals surface area contributed by atoms with Crippen molar-refractivity contribution in [1.29, 1.82) is 0 Å². The molecule has 1 aliphatic heterocycles. The highest BCUT2D eigenvalue weighted by molar-refractivity contribution is 5.98. The quantitative estimate of drug-likeness (QED) is 0.498. The van der Waals surface area contributed by atoms with Crippen LogP contribution in [0.2, 0.25) is 0 Å². The SMILES string of the molecule is COC(=O)c1ccc(N2CCCC2)c(NC(=O)CCCOc2ccc(OC)cc2)c1. The standard InChI is InChI=1S/C23H28N2O5/c1-28-18-8-10-19(11-9-18)30-15-5-6-22(26)24-20-16-17(23(27)29-2)7-12-21(20)25-13-3-4-14-25/h7-12,16H,3-6,13-15H2,1-2H3,(H,24,26). The van der Waals surface area contributed by atoms with Gasteiger partial charge in [0.2, 0.25) is 5.91 Å². The van der Waals surface area contributed by atoms with Gasteiger partial charge in [-0.1, -0.05) is 0 Å². The third kappa shape index (κ3) is 5.65. The Morgan fingerprint density at radius 2 is 1.70 bits per heavy atom. The highest BCUT2D eigenvalue weighted by Crippen LogP contribution is 2.30. The Balaban J connectivity index is 1.56. The molecule has 3 rings (SSSR count). The summed E-state index contributed by atoms with van der Waals surface area (Å²) in [5.74, 6) is 0.963. The number of nitrogens with zero attached hydrogens (tertiary/aromatic N) is 1. The summed E-state index contributed by atoms with van der Waals surface area (Å²) < 4.78 is 15.6. The van der Waals surface area contributed by atoms with E-state index in [9.17, 15) is 9.59 Å². The molecule has 0 aromatic heterocycles. The van der Waals surface area contributed by atoms with Crippen LogP contribution in [0, 0.1) is 0 Å². The third-order valence-corrected chi connectivity index (χ3v) is 5.01. The Hall–Kier alpha value is -3.22. The van der Waals surface area contributed by atoms with Gasteiger partial charge in [0.1, 0.15) is 11.5 Å². The van der Waals surface area contributed by atoms with Crippen molar-refractivity contribution in [3.05, 3.63) is 48.0 Å². The van der Waals surface area contributed by atoms with Crippen LogP contribution in [0.15, 0.2) is 42.5 Å². The minimum atomic E-state index is -0.425. The minimum Gasteiger partial charge on any atom is -0.497 e. The molecule has 1 saturated heterocycles. The minimum absolute atomic E-state index is 0.115. The molecule has 1 amide bonds. The first-order chi connectivity index (χ1) is 14.6. The fourth-order valence-corrected chi connectivity index (χ4v) is 3.42. The van der Waals surface area contributed by atoms with E-state index in [2.05, 4.69) is 10.2 Å². The van der Waals surface area contributed by atoms with Gasteiger partial charge in [0.15, 0.2) is 0 Å². The van der Waals surface area contributed by atoms with Gasteiger partial charge in [-0.3, -0.25) is 4.79 Å². The number of hydrogen-bond donors (Lipinski definition) is 1. The van der Waals surface area contributed by atoms with Crippen LogP contribution in [-0.4, -0.2) is 45.8 Å². The molecule has 0 bridgehead atoms. The van der Waals surface area contributed by atoms with Gasteiger partial charge in [-0.25, -0.2) is 4.79 Å². The molecule has 1 N–H and O–H groups in total. The molecule has 0 radical (unpaired) electrons. The lowest BCUT2D eigenvalue weighted by Crippen LogP contribution is -2.21. The molecule has 7 heteroatoms. The number of carbonyl (C=O) groups excluding carboxylic acids is 2. The Labute approximate surface area is 176 Å². The lowest BCUT2D eigenvalue weighted by Gasteiger charge is -2.22. The van der Waals surface area contributed by atoms with Crippen LogP contribution < -0.4 is 19.7 Å². The fourth-order valence-electron chi connectivity index (χ4n) is 3.42. The molecule has 0 aliphatic carbocycles. The first-order valence-corrected chi connectivity index (χ1v) is 10.1. The molecule has 1 heterocycles. The van der Waals surface area contributed by atoms with Gasteiger partial charge in [0, 0.05) is 19.5 Å². The number of methoxy groups -OCH3 is 2. The second-order valence-corrected chi connectivity index (χ2v) is 7.09. The second-order valence-electron chi connectivity index (χ2n) is 7.09. The lowest BCUT2D eigenvalue weighted by molar-refractivity contribution is -0.116. The van der Waals surface area contributed by atoms with Crippen LogP contribution in [0.4, 0.5) is 11.4 Å². The first kappa shape index (κ1) is 21.5. The number of nitrogens with one attached hydrogen (secondary N) is 1. The summed E-state index contributed by atoms with van der Waals surface area (Å²) in [5.41, 5.74) is 1.99. The normalized spacial score (nSPS) is 13.1. The average Bonchev–Trinajstić information content (AvgIpc) is 3.31. The summed E-state index contributed by atoms with van der Waals surface area (Å²) >= 11 is 0. The topological polar surface area (TPSA) is 77.1 Å². The molecule has 0 unspecified atom stereocenters. The van der Waals surface area contributed by atoms with Gasteiger partial charge >= 0.3 is 5.97 Å². The highest BCUT2D eigenvalue weighted by atomic mass is 16.5. The molecular weight excluding hydrogens is 384 g/mol. The van der Waals surface area contributed by atoms with Crippen LogP contribution >= 0.6 is 0 Å². The molecule has 2 aromatic rings. The van der Waals surface area contributed by atoms with E-state index >= 15 is 0 Å². The van der Waals surface area contributed by atoms with E-state index in [0.717, 1.165) is 43.1 Å². The Bertz CT molecular complexity index is 860. The van der Waals surface area contributed by atoms with Crippen molar-refractivity contribution in [1.82, 2.24) is 0 Å². The largest absolute Gasteiger partial charge is 0.497 e. The lowest BCUT2D eigenvalue weighted by atomic mass is 10.1. The molecular formula is C23H28N2O5. The van der Waals surface area contributed by atoms with Gasteiger partial charge in [-0.2, -0.15) is 0 Å². The Morgan fingerprint density at radius 1 is 1.00 bits per heavy atom. The number of carbonyl (C=O) groups is 2. The van der Waals surface area contributed by atoms with Crippen LogP contribution in [0.1, 0.15) is 36.0 Å². The molecule has 30 heavy (non-hydrogen) atoms. The van der Waals surface area contributed by atoms with Crippen molar-refractivity contribution in [3.8, 4) is 11.5 Å². The molecule has 160 valence electrons. The zero-order valence-electron chi connectivity index (χ0n) is 17.5. The van der Waals surface area contributed by atoms with Gasteiger partial charge in [-0.05, 0) is 61.7 Å². The van der Waals surface area contributed by atoms with Crippen molar-refractivity contribution < 1.29 is 23.8 Å². The summed E-state index contributed by atoms with van der Waals surface area (Å²) in [6.07, 6.45) is 3.13. The molecule has 7 nitrogen and oxygen atoms in total. The number of anilines is 2. The van der Waals surface area contributed by atoms with E-state index in [4.69, 9.17) is 14.2 Å². The van der Waals surface area contributed by atoms with E-state index in [1.165, 1.54) is 7.11 Å². The zero-order valence-corrected chi connectivity index (χ0v) is 17.5. The summed E-state index contributed by atoms with van der Waals surface area (Å²) in [5, 5.41) is 2.96. The van der Waals surface area contributed by atoms with Crippen molar-refractivity contribution >= 4 is 23.3 Å². The smallest absolute Gasteiger partial charge is 0.337 e. The highest BCUT2D eigenvalue weighted by Gasteiger charge is 2.19. The van der Waals surface area contributed by atoms with Gasteiger partial charge in [-0.15, -0.1) is 0 Å². The predicted molar refractivity (Wildman–Crippen MR) is 116 cm³/mol. The van der Waals surface area contributed by atoms with Crippen LogP contribution in [0.3, 0.4) is 0 Å². The number of amides is 1. The fraction of sp³-hybridized carbons (Fsp3) is 0.391. The van der Waals surface area contributed by atoms with Gasteiger partial charge in [0.05, 0.1) is 37.8 Å². The maximum Gasteiger partial charge on any atom is 0.337 e. The summed E-state index contributed by atoms with van der Waals surface area (Å²) in [4.78, 5) is 26.6. The summed E-state index contributed by atoms with van der Waals surface area (Å²) in [7, 11) is 2.96. The second kappa shape index (κ2) is 10.5. The van der Waals surface area contributed by atoms with E-state index in [-0.39, 0.29) is 5.91 Å². The number of rotatable bonds is 9. The van der Waals surface area contributed by atoms with Crippen LogP contribution in [0.25, 0.3) is 0 Å². The molecule has 1 fully saturated rings.